The Bertz CT molecular complexity index is 363. The summed E-state index contributed by atoms with van der Waals surface area (Å²) < 4.78 is 47.0. The van der Waals surface area contributed by atoms with E-state index in [1.54, 1.807) is 0 Å². The maximum absolute atomic E-state index is 12.5. The summed E-state index contributed by atoms with van der Waals surface area (Å²) in [7, 11) is 2.38. The van der Waals surface area contributed by atoms with Gasteiger partial charge in [-0.15, -0.1) is 0 Å². The molecular formula is C9H8ClF3O2. The van der Waals surface area contributed by atoms with Gasteiger partial charge >= 0.3 is 6.18 Å². The van der Waals surface area contributed by atoms with E-state index in [4.69, 9.17) is 16.3 Å². The highest BCUT2D eigenvalue weighted by Gasteiger charge is 2.36. The van der Waals surface area contributed by atoms with Crippen LogP contribution in [0.15, 0.2) is 12.1 Å². The Kier molecular flexibility index (Phi) is 3.34. The molecule has 0 amide bonds. The number of halogens is 4. The van der Waals surface area contributed by atoms with Crippen LogP contribution in [0.5, 0.6) is 11.5 Å². The van der Waals surface area contributed by atoms with Crippen molar-refractivity contribution in [1.82, 2.24) is 0 Å². The first-order valence-corrected chi connectivity index (χ1v) is 4.26. The molecule has 0 N–H and O–H groups in total. The molecule has 0 saturated heterocycles. The number of rotatable bonds is 2. The van der Waals surface area contributed by atoms with Gasteiger partial charge in [-0.3, -0.25) is 0 Å². The summed E-state index contributed by atoms with van der Waals surface area (Å²) in [6.07, 6.45) is -4.52. The van der Waals surface area contributed by atoms with Crippen molar-refractivity contribution in [2.24, 2.45) is 0 Å². The quantitative estimate of drug-likeness (QED) is 0.789. The number of hydrogen-bond donors (Lipinski definition) is 0. The van der Waals surface area contributed by atoms with E-state index in [-0.39, 0.29) is 16.5 Å². The molecule has 84 valence electrons. The lowest BCUT2D eigenvalue weighted by Gasteiger charge is -2.15. The number of alkyl halides is 3. The van der Waals surface area contributed by atoms with Crippen molar-refractivity contribution in [1.29, 1.82) is 0 Å². The first-order valence-electron chi connectivity index (χ1n) is 3.89. The van der Waals surface area contributed by atoms with Crippen LogP contribution in [0, 0.1) is 0 Å². The van der Waals surface area contributed by atoms with Gasteiger partial charge in [0.1, 0.15) is 5.56 Å². The SMILES string of the molecule is COc1cc(Cl)cc(C(F)(F)F)c1OC. The molecule has 1 rings (SSSR count). The van der Waals surface area contributed by atoms with Crippen molar-refractivity contribution >= 4 is 11.6 Å². The first-order chi connectivity index (χ1) is 6.90. The van der Waals surface area contributed by atoms with E-state index < -0.39 is 11.7 Å². The van der Waals surface area contributed by atoms with E-state index in [9.17, 15) is 13.2 Å². The second-order valence-corrected chi connectivity index (χ2v) is 3.12. The highest BCUT2D eigenvalue weighted by Crippen LogP contribution is 2.43. The highest BCUT2D eigenvalue weighted by molar-refractivity contribution is 6.30. The minimum absolute atomic E-state index is 0.0441. The second-order valence-electron chi connectivity index (χ2n) is 2.69. The molecule has 0 aliphatic carbocycles. The fourth-order valence-corrected chi connectivity index (χ4v) is 1.35. The van der Waals surface area contributed by atoms with Crippen LogP contribution in [0.4, 0.5) is 13.2 Å². The van der Waals surface area contributed by atoms with E-state index in [1.165, 1.54) is 13.2 Å². The summed E-state index contributed by atoms with van der Waals surface area (Å²) in [6.45, 7) is 0. The maximum atomic E-state index is 12.5. The van der Waals surface area contributed by atoms with Gasteiger partial charge in [0.25, 0.3) is 0 Å². The predicted molar refractivity (Wildman–Crippen MR) is 49.6 cm³/mol. The molecule has 1 aromatic rings. The van der Waals surface area contributed by atoms with Gasteiger partial charge in [-0.2, -0.15) is 13.2 Å². The Hall–Kier alpha value is -1.10. The fraction of sp³-hybridized carbons (Fsp3) is 0.333. The molecule has 2 nitrogen and oxygen atoms in total. The normalized spacial score (nSPS) is 11.3. The largest absolute Gasteiger partial charge is 0.493 e. The summed E-state index contributed by atoms with van der Waals surface area (Å²) in [5, 5.41) is -0.0556. The molecule has 0 aromatic heterocycles. The van der Waals surface area contributed by atoms with Crippen molar-refractivity contribution in [3.05, 3.63) is 22.7 Å². The molecule has 0 radical (unpaired) electrons. The Balaban J connectivity index is 3.42. The molecule has 0 atom stereocenters. The van der Waals surface area contributed by atoms with Crippen molar-refractivity contribution in [2.45, 2.75) is 6.18 Å². The van der Waals surface area contributed by atoms with Crippen LogP contribution >= 0.6 is 11.6 Å². The molecule has 0 saturated carbocycles. The Morgan fingerprint density at radius 1 is 1.13 bits per heavy atom. The van der Waals surface area contributed by atoms with Crippen LogP contribution in [0.3, 0.4) is 0 Å². The predicted octanol–water partition coefficient (Wildman–Crippen LogP) is 3.38. The van der Waals surface area contributed by atoms with E-state index >= 15 is 0 Å². The van der Waals surface area contributed by atoms with Crippen molar-refractivity contribution in [2.75, 3.05) is 14.2 Å². The summed E-state index contributed by atoms with van der Waals surface area (Å²) in [5.74, 6) is -0.410. The minimum atomic E-state index is -4.52. The molecule has 0 bridgehead atoms. The monoisotopic (exact) mass is 240 g/mol. The third kappa shape index (κ3) is 2.47. The van der Waals surface area contributed by atoms with Crippen LogP contribution in [0.1, 0.15) is 5.56 Å². The third-order valence-corrected chi connectivity index (χ3v) is 1.97. The Morgan fingerprint density at radius 2 is 1.73 bits per heavy atom. The zero-order chi connectivity index (χ0) is 11.6. The van der Waals surface area contributed by atoms with Gasteiger partial charge in [0.2, 0.25) is 0 Å². The molecule has 0 fully saturated rings. The molecule has 1 aromatic carbocycles. The number of ether oxygens (including phenoxy) is 2. The van der Waals surface area contributed by atoms with Gasteiger partial charge in [-0.05, 0) is 6.07 Å². The van der Waals surface area contributed by atoms with Gasteiger partial charge in [0, 0.05) is 11.1 Å². The van der Waals surface area contributed by atoms with Gasteiger partial charge < -0.3 is 9.47 Å². The first kappa shape index (κ1) is 12.0. The van der Waals surface area contributed by atoms with Gasteiger partial charge in [-0.1, -0.05) is 11.6 Å². The van der Waals surface area contributed by atoms with E-state index in [0.717, 1.165) is 13.2 Å². The van der Waals surface area contributed by atoms with Gasteiger partial charge in [0.15, 0.2) is 11.5 Å². The second kappa shape index (κ2) is 4.18. The lowest BCUT2D eigenvalue weighted by Crippen LogP contribution is -2.08. The maximum Gasteiger partial charge on any atom is 0.420 e. The Labute approximate surface area is 89.6 Å². The van der Waals surface area contributed by atoms with Crippen molar-refractivity contribution in [3.8, 4) is 11.5 Å². The molecule has 15 heavy (non-hydrogen) atoms. The van der Waals surface area contributed by atoms with Gasteiger partial charge in [-0.25, -0.2) is 0 Å². The lowest BCUT2D eigenvalue weighted by molar-refractivity contribution is -0.138. The number of benzene rings is 1. The summed E-state index contributed by atoms with van der Waals surface area (Å²) in [5.41, 5.74) is -0.950. The molecule has 0 spiro atoms. The molecular weight excluding hydrogens is 233 g/mol. The van der Waals surface area contributed by atoms with Crippen molar-refractivity contribution in [3.63, 3.8) is 0 Å². The smallest absolute Gasteiger partial charge is 0.420 e. The molecule has 0 heterocycles. The number of methoxy groups -OCH3 is 2. The molecule has 0 unspecified atom stereocenters. The highest BCUT2D eigenvalue weighted by atomic mass is 35.5. The van der Waals surface area contributed by atoms with E-state index in [0.29, 0.717) is 0 Å². The fourth-order valence-electron chi connectivity index (χ4n) is 1.14. The summed E-state index contributed by atoms with van der Waals surface area (Å²) >= 11 is 5.53. The van der Waals surface area contributed by atoms with Gasteiger partial charge in [0.05, 0.1) is 14.2 Å². The standard InChI is InChI=1S/C9H8ClF3O2/c1-14-7-4-5(10)3-6(8(7)15-2)9(11,12)13/h3-4H,1-2H3. The van der Waals surface area contributed by atoms with Crippen LogP contribution in [-0.4, -0.2) is 14.2 Å². The molecule has 0 aliphatic rings. The summed E-state index contributed by atoms with van der Waals surface area (Å²) in [6, 6.07) is 2.05. The van der Waals surface area contributed by atoms with E-state index in [1.807, 2.05) is 0 Å². The molecule has 6 heteroatoms. The minimum Gasteiger partial charge on any atom is -0.493 e. The topological polar surface area (TPSA) is 18.5 Å². The Morgan fingerprint density at radius 3 is 2.13 bits per heavy atom. The zero-order valence-electron chi connectivity index (χ0n) is 7.98. The van der Waals surface area contributed by atoms with E-state index in [2.05, 4.69) is 4.74 Å². The van der Waals surface area contributed by atoms with Crippen LogP contribution in [-0.2, 0) is 6.18 Å². The average molecular weight is 241 g/mol. The lowest BCUT2D eigenvalue weighted by atomic mass is 10.2. The average Bonchev–Trinajstić information content (AvgIpc) is 2.15. The third-order valence-electron chi connectivity index (χ3n) is 1.75. The van der Waals surface area contributed by atoms with Crippen LogP contribution in [0.2, 0.25) is 5.02 Å². The molecule has 0 aliphatic heterocycles. The number of hydrogen-bond acceptors (Lipinski definition) is 2. The van der Waals surface area contributed by atoms with Crippen molar-refractivity contribution < 1.29 is 22.6 Å². The summed E-state index contributed by atoms with van der Waals surface area (Å²) in [4.78, 5) is 0. The van der Waals surface area contributed by atoms with Crippen LogP contribution in [0.25, 0.3) is 0 Å². The van der Waals surface area contributed by atoms with Crippen LogP contribution < -0.4 is 9.47 Å². The zero-order valence-corrected chi connectivity index (χ0v) is 8.74.